The van der Waals surface area contributed by atoms with Crippen molar-refractivity contribution in [3.8, 4) is 5.75 Å². The summed E-state index contributed by atoms with van der Waals surface area (Å²) < 4.78 is 11.4. The van der Waals surface area contributed by atoms with Gasteiger partial charge in [-0.05, 0) is 11.5 Å². The summed E-state index contributed by atoms with van der Waals surface area (Å²) in [4.78, 5) is 14.4. The third-order valence-electron chi connectivity index (χ3n) is 4.84. The molecule has 1 aliphatic heterocycles. The number of likely N-dealkylation sites (tertiary alicyclic amines) is 1. The molecule has 26 heavy (non-hydrogen) atoms. The van der Waals surface area contributed by atoms with Gasteiger partial charge in [-0.15, -0.1) is 0 Å². The number of H-pyrrole nitrogens is 1. The molecule has 4 rings (SSSR count). The number of nitrogens with zero attached hydrogens (tertiary/aromatic N) is 3. The number of ether oxygens (including phenoxy) is 2. The van der Waals surface area contributed by atoms with E-state index in [4.69, 9.17) is 9.47 Å². The predicted molar refractivity (Wildman–Crippen MR) is 95.9 cm³/mol. The Morgan fingerprint density at radius 3 is 2.88 bits per heavy atom. The largest absolute Gasteiger partial charge is 0.483 e. The van der Waals surface area contributed by atoms with E-state index in [1.54, 1.807) is 18.2 Å². The van der Waals surface area contributed by atoms with Crippen LogP contribution in [-0.4, -0.2) is 59.1 Å². The Balaban J connectivity index is 1.44. The monoisotopic (exact) mass is 352 g/mol. The van der Waals surface area contributed by atoms with Gasteiger partial charge in [-0.2, -0.15) is 15.4 Å². The van der Waals surface area contributed by atoms with Crippen molar-refractivity contribution in [1.29, 1.82) is 0 Å². The van der Waals surface area contributed by atoms with Gasteiger partial charge in [0, 0.05) is 25.6 Å². The summed E-state index contributed by atoms with van der Waals surface area (Å²) in [5.41, 5.74) is 0.808. The maximum atomic E-state index is 12.6. The summed E-state index contributed by atoms with van der Waals surface area (Å²) in [6.07, 6.45) is 1.58. The van der Waals surface area contributed by atoms with Crippen LogP contribution in [0, 0.1) is 0 Å². The van der Waals surface area contributed by atoms with Gasteiger partial charge < -0.3 is 14.4 Å². The zero-order valence-electron chi connectivity index (χ0n) is 14.5. The predicted octanol–water partition coefficient (Wildman–Crippen LogP) is 1.98. The highest BCUT2D eigenvalue weighted by molar-refractivity contribution is 5.88. The van der Waals surface area contributed by atoms with Crippen molar-refractivity contribution in [3.05, 3.63) is 54.4 Å². The molecule has 0 saturated carbocycles. The molecule has 1 amide bonds. The molecular formula is C19H20N4O3. The van der Waals surface area contributed by atoms with Gasteiger partial charge in [-0.3, -0.25) is 4.79 Å². The zero-order valence-corrected chi connectivity index (χ0v) is 14.5. The molecule has 2 aromatic carbocycles. The minimum absolute atomic E-state index is 0.00399. The van der Waals surface area contributed by atoms with Gasteiger partial charge in [0.1, 0.15) is 5.75 Å². The molecule has 1 fully saturated rings. The second-order valence-corrected chi connectivity index (χ2v) is 6.34. The molecule has 7 heteroatoms. The van der Waals surface area contributed by atoms with Crippen molar-refractivity contribution >= 4 is 16.7 Å². The van der Waals surface area contributed by atoms with E-state index in [2.05, 4.69) is 15.4 Å². The van der Waals surface area contributed by atoms with Gasteiger partial charge in [0.25, 0.3) is 5.91 Å². The summed E-state index contributed by atoms with van der Waals surface area (Å²) in [6.45, 7) is 1.06. The SMILES string of the molecule is CO[C@@H]1CN(C(=O)COc2cccc3ccccc23)C[C@H]1c1cn[nH]n1. The molecular weight excluding hydrogens is 332 g/mol. The van der Waals surface area contributed by atoms with E-state index in [1.165, 1.54) is 0 Å². The molecule has 1 aliphatic rings. The number of hydrogen-bond donors (Lipinski definition) is 1. The number of hydrogen-bond acceptors (Lipinski definition) is 5. The Kier molecular flexibility index (Phi) is 4.53. The van der Waals surface area contributed by atoms with E-state index in [9.17, 15) is 4.79 Å². The molecule has 1 saturated heterocycles. The fourth-order valence-corrected chi connectivity index (χ4v) is 3.44. The first kappa shape index (κ1) is 16.5. The van der Waals surface area contributed by atoms with Gasteiger partial charge >= 0.3 is 0 Å². The van der Waals surface area contributed by atoms with Crippen LogP contribution in [0.2, 0.25) is 0 Å². The summed E-state index contributed by atoms with van der Waals surface area (Å²) >= 11 is 0. The first-order valence-electron chi connectivity index (χ1n) is 8.53. The van der Waals surface area contributed by atoms with Gasteiger partial charge in [0.15, 0.2) is 6.61 Å². The number of benzene rings is 2. The minimum Gasteiger partial charge on any atom is -0.483 e. The minimum atomic E-state index is -0.0957. The summed E-state index contributed by atoms with van der Waals surface area (Å²) in [7, 11) is 1.65. The molecule has 1 aromatic heterocycles. The fourth-order valence-electron chi connectivity index (χ4n) is 3.44. The van der Waals surface area contributed by atoms with Crippen LogP contribution in [0.1, 0.15) is 11.6 Å². The van der Waals surface area contributed by atoms with Gasteiger partial charge in [-0.1, -0.05) is 36.4 Å². The van der Waals surface area contributed by atoms with E-state index < -0.39 is 0 Å². The van der Waals surface area contributed by atoms with Crippen LogP contribution in [0.25, 0.3) is 10.8 Å². The van der Waals surface area contributed by atoms with Crippen molar-refractivity contribution in [3.63, 3.8) is 0 Å². The summed E-state index contributed by atoms with van der Waals surface area (Å²) in [6, 6.07) is 13.8. The average Bonchev–Trinajstić information content (AvgIpc) is 3.35. The molecule has 0 bridgehead atoms. The molecule has 2 heterocycles. The second kappa shape index (κ2) is 7.13. The maximum Gasteiger partial charge on any atom is 0.260 e. The normalized spacial score (nSPS) is 19.8. The van der Waals surface area contributed by atoms with Crippen LogP contribution >= 0.6 is 0 Å². The zero-order chi connectivity index (χ0) is 17.9. The quantitative estimate of drug-likeness (QED) is 0.759. The number of aromatic amines is 1. The first-order valence-corrected chi connectivity index (χ1v) is 8.53. The third kappa shape index (κ3) is 3.13. The third-order valence-corrected chi connectivity index (χ3v) is 4.84. The standard InChI is InChI=1S/C19H20N4O3/c1-25-18-11-23(10-15(18)16-9-20-22-21-16)19(24)12-26-17-8-4-6-13-5-2-3-7-14(13)17/h2-9,15,18H,10-12H2,1H3,(H,20,21,22)/t15-,18+/m0/s1. The molecule has 7 nitrogen and oxygen atoms in total. The van der Waals surface area contributed by atoms with Crippen molar-refractivity contribution < 1.29 is 14.3 Å². The van der Waals surface area contributed by atoms with Crippen LogP contribution in [-0.2, 0) is 9.53 Å². The smallest absolute Gasteiger partial charge is 0.260 e. The Morgan fingerprint density at radius 2 is 2.08 bits per heavy atom. The van der Waals surface area contributed by atoms with Crippen molar-refractivity contribution in [1.82, 2.24) is 20.3 Å². The molecule has 2 atom stereocenters. The molecule has 0 spiro atoms. The number of amides is 1. The molecule has 0 aliphatic carbocycles. The van der Waals surface area contributed by atoms with Crippen LogP contribution < -0.4 is 4.74 Å². The van der Waals surface area contributed by atoms with E-state index in [0.29, 0.717) is 18.8 Å². The molecule has 1 N–H and O–H groups in total. The van der Waals surface area contributed by atoms with Crippen LogP contribution in [0.4, 0.5) is 0 Å². The van der Waals surface area contributed by atoms with Crippen LogP contribution in [0.5, 0.6) is 5.75 Å². The Bertz CT molecular complexity index is 891. The van der Waals surface area contributed by atoms with E-state index >= 15 is 0 Å². The topological polar surface area (TPSA) is 80.3 Å². The molecule has 3 aromatic rings. The Morgan fingerprint density at radius 1 is 1.23 bits per heavy atom. The molecule has 134 valence electrons. The summed E-state index contributed by atoms with van der Waals surface area (Å²) in [5, 5.41) is 12.7. The van der Waals surface area contributed by atoms with Crippen molar-refractivity contribution in [2.45, 2.75) is 12.0 Å². The number of rotatable bonds is 5. The highest BCUT2D eigenvalue weighted by Crippen LogP contribution is 2.29. The number of carbonyl (C=O) groups excluding carboxylic acids is 1. The van der Waals surface area contributed by atoms with Crippen LogP contribution in [0.15, 0.2) is 48.7 Å². The van der Waals surface area contributed by atoms with Gasteiger partial charge in [0.05, 0.1) is 23.9 Å². The average molecular weight is 352 g/mol. The van der Waals surface area contributed by atoms with Crippen LogP contribution in [0.3, 0.4) is 0 Å². The lowest BCUT2D eigenvalue weighted by atomic mass is 10.0. The number of nitrogens with one attached hydrogen (secondary N) is 1. The van der Waals surface area contributed by atoms with Crippen molar-refractivity contribution in [2.24, 2.45) is 0 Å². The van der Waals surface area contributed by atoms with Crippen molar-refractivity contribution in [2.75, 3.05) is 26.8 Å². The lowest BCUT2D eigenvalue weighted by molar-refractivity contribution is -0.132. The highest BCUT2D eigenvalue weighted by atomic mass is 16.5. The van der Waals surface area contributed by atoms with Gasteiger partial charge in [0.2, 0.25) is 0 Å². The number of fused-ring (bicyclic) bond motifs is 1. The van der Waals surface area contributed by atoms with Gasteiger partial charge in [-0.25, -0.2) is 0 Å². The number of aromatic nitrogens is 3. The second-order valence-electron chi connectivity index (χ2n) is 6.34. The highest BCUT2D eigenvalue weighted by Gasteiger charge is 2.37. The Labute approximate surface area is 150 Å². The Hall–Kier alpha value is -2.93. The number of methoxy groups -OCH3 is 1. The van der Waals surface area contributed by atoms with E-state index in [0.717, 1.165) is 16.5 Å². The molecule has 0 unspecified atom stereocenters. The maximum absolute atomic E-state index is 12.6. The van der Waals surface area contributed by atoms with E-state index in [-0.39, 0.29) is 24.5 Å². The lowest BCUT2D eigenvalue weighted by Gasteiger charge is -2.17. The lowest BCUT2D eigenvalue weighted by Crippen LogP contribution is -2.34. The summed E-state index contributed by atoms with van der Waals surface area (Å²) in [5.74, 6) is 0.665. The fraction of sp³-hybridized carbons (Fsp3) is 0.316. The first-order chi connectivity index (χ1) is 12.8. The molecule has 0 radical (unpaired) electrons. The number of carbonyl (C=O) groups is 1. The van der Waals surface area contributed by atoms with E-state index in [1.807, 2.05) is 42.5 Å².